The standard InChI is InChI=1S/C25H48N2O5S2/c1-2-3-4-5-6-7-8-9-10-11-12-13-14-15-16-17-18-23(28)27-22(25(31)32)20-34-33-19-21(26)24(29)30/h21-22H,2-20,26H2,1H3,(H,27,28)(H,29,30)(H,31,32). The van der Waals surface area contributed by atoms with E-state index in [2.05, 4.69) is 12.2 Å². The monoisotopic (exact) mass is 520 g/mol. The number of aliphatic carboxylic acids is 2. The lowest BCUT2D eigenvalue weighted by Gasteiger charge is -2.14. The molecule has 34 heavy (non-hydrogen) atoms. The zero-order valence-electron chi connectivity index (χ0n) is 21.1. The van der Waals surface area contributed by atoms with Gasteiger partial charge in [0.25, 0.3) is 0 Å². The molecule has 200 valence electrons. The van der Waals surface area contributed by atoms with Gasteiger partial charge in [-0.2, -0.15) is 0 Å². The average molecular weight is 521 g/mol. The molecular formula is C25H48N2O5S2. The van der Waals surface area contributed by atoms with Crippen LogP contribution in [0.2, 0.25) is 0 Å². The first-order valence-electron chi connectivity index (χ1n) is 13.1. The van der Waals surface area contributed by atoms with Gasteiger partial charge in [0.1, 0.15) is 12.1 Å². The molecule has 9 heteroatoms. The number of hydrogen-bond donors (Lipinski definition) is 4. The van der Waals surface area contributed by atoms with Crippen molar-refractivity contribution >= 4 is 39.4 Å². The smallest absolute Gasteiger partial charge is 0.327 e. The molecule has 0 aromatic heterocycles. The van der Waals surface area contributed by atoms with Crippen molar-refractivity contribution < 1.29 is 24.6 Å². The van der Waals surface area contributed by atoms with Crippen molar-refractivity contribution in [3.8, 4) is 0 Å². The summed E-state index contributed by atoms with van der Waals surface area (Å²) in [4.78, 5) is 34.1. The van der Waals surface area contributed by atoms with Crippen LogP contribution in [-0.4, -0.2) is 51.6 Å². The zero-order valence-corrected chi connectivity index (χ0v) is 22.7. The van der Waals surface area contributed by atoms with Crippen LogP contribution >= 0.6 is 21.6 Å². The molecule has 2 atom stereocenters. The summed E-state index contributed by atoms with van der Waals surface area (Å²) < 4.78 is 0. The summed E-state index contributed by atoms with van der Waals surface area (Å²) in [6.07, 6.45) is 20.7. The highest BCUT2D eigenvalue weighted by atomic mass is 33.1. The van der Waals surface area contributed by atoms with Gasteiger partial charge in [-0.25, -0.2) is 4.79 Å². The molecule has 0 rings (SSSR count). The minimum atomic E-state index is -1.09. The van der Waals surface area contributed by atoms with E-state index in [1.807, 2.05) is 0 Å². The first kappa shape index (κ1) is 33.1. The first-order chi connectivity index (χ1) is 16.4. The van der Waals surface area contributed by atoms with E-state index in [0.717, 1.165) is 19.3 Å². The number of unbranched alkanes of at least 4 members (excludes halogenated alkanes) is 15. The molecule has 5 N–H and O–H groups in total. The van der Waals surface area contributed by atoms with Crippen LogP contribution in [0.3, 0.4) is 0 Å². The highest BCUT2D eigenvalue weighted by Crippen LogP contribution is 2.22. The molecule has 0 saturated carbocycles. The molecule has 0 heterocycles. The summed E-state index contributed by atoms with van der Waals surface area (Å²) in [5.74, 6) is -2.08. The minimum absolute atomic E-state index is 0.164. The van der Waals surface area contributed by atoms with Crippen LogP contribution in [0, 0.1) is 0 Å². The fourth-order valence-electron chi connectivity index (χ4n) is 3.58. The van der Waals surface area contributed by atoms with Crippen LogP contribution in [0.4, 0.5) is 0 Å². The summed E-state index contributed by atoms with van der Waals surface area (Å²) in [6, 6.07) is -1.96. The van der Waals surface area contributed by atoms with Gasteiger partial charge in [0.2, 0.25) is 5.91 Å². The molecule has 0 spiro atoms. The predicted molar refractivity (Wildman–Crippen MR) is 144 cm³/mol. The Morgan fingerprint density at radius 1 is 0.676 bits per heavy atom. The molecule has 0 aliphatic heterocycles. The van der Waals surface area contributed by atoms with Crippen LogP contribution in [0.5, 0.6) is 0 Å². The van der Waals surface area contributed by atoms with Crippen molar-refractivity contribution in [1.82, 2.24) is 5.32 Å². The van der Waals surface area contributed by atoms with Gasteiger partial charge in [0, 0.05) is 17.9 Å². The Balaban J connectivity index is 3.57. The second kappa shape index (κ2) is 23.8. The maximum Gasteiger partial charge on any atom is 0.327 e. The van der Waals surface area contributed by atoms with Gasteiger partial charge >= 0.3 is 11.9 Å². The third kappa shape index (κ3) is 21.6. The van der Waals surface area contributed by atoms with Crippen molar-refractivity contribution in [1.29, 1.82) is 0 Å². The summed E-state index contributed by atoms with van der Waals surface area (Å²) in [7, 11) is 2.40. The van der Waals surface area contributed by atoms with Crippen molar-refractivity contribution in [2.45, 2.75) is 128 Å². The van der Waals surface area contributed by atoms with Crippen molar-refractivity contribution in [3.63, 3.8) is 0 Å². The highest BCUT2D eigenvalue weighted by molar-refractivity contribution is 8.76. The Morgan fingerprint density at radius 2 is 1.09 bits per heavy atom. The molecule has 0 bridgehead atoms. The van der Waals surface area contributed by atoms with Crippen LogP contribution in [-0.2, 0) is 14.4 Å². The lowest BCUT2D eigenvalue weighted by atomic mass is 10.0. The molecule has 0 aliphatic rings. The van der Waals surface area contributed by atoms with E-state index in [1.54, 1.807) is 0 Å². The van der Waals surface area contributed by atoms with Gasteiger partial charge in [-0.15, -0.1) is 0 Å². The molecule has 0 saturated heterocycles. The van der Waals surface area contributed by atoms with Crippen molar-refractivity contribution in [2.24, 2.45) is 5.73 Å². The summed E-state index contributed by atoms with van der Waals surface area (Å²) >= 11 is 0. The molecule has 0 radical (unpaired) electrons. The number of nitrogens with one attached hydrogen (secondary N) is 1. The second-order valence-corrected chi connectivity index (χ2v) is 11.6. The zero-order chi connectivity index (χ0) is 25.4. The second-order valence-electron chi connectivity index (χ2n) is 9.03. The minimum Gasteiger partial charge on any atom is -0.480 e. The lowest BCUT2D eigenvalue weighted by Crippen LogP contribution is -2.42. The number of carbonyl (C=O) groups is 3. The van der Waals surface area contributed by atoms with Crippen LogP contribution in [0.1, 0.15) is 116 Å². The normalized spacial score (nSPS) is 12.9. The molecule has 2 unspecified atom stereocenters. The van der Waals surface area contributed by atoms with Crippen molar-refractivity contribution in [3.05, 3.63) is 0 Å². The number of nitrogens with two attached hydrogens (primary N) is 1. The van der Waals surface area contributed by atoms with Gasteiger partial charge in [0.15, 0.2) is 0 Å². The van der Waals surface area contributed by atoms with E-state index in [1.165, 1.54) is 105 Å². The highest BCUT2D eigenvalue weighted by Gasteiger charge is 2.20. The molecule has 0 aromatic carbocycles. The van der Waals surface area contributed by atoms with Gasteiger partial charge in [-0.3, -0.25) is 9.59 Å². The van der Waals surface area contributed by atoms with E-state index < -0.39 is 24.0 Å². The molecule has 0 aliphatic carbocycles. The van der Waals surface area contributed by atoms with Gasteiger partial charge in [-0.05, 0) is 6.42 Å². The van der Waals surface area contributed by atoms with E-state index >= 15 is 0 Å². The van der Waals surface area contributed by atoms with Crippen LogP contribution in [0.15, 0.2) is 0 Å². The Morgan fingerprint density at radius 3 is 1.50 bits per heavy atom. The Kier molecular flexibility index (Phi) is 23.1. The third-order valence-corrected chi connectivity index (χ3v) is 8.22. The van der Waals surface area contributed by atoms with E-state index in [9.17, 15) is 19.5 Å². The fraction of sp³-hybridized carbons (Fsp3) is 0.880. The Labute approximate surface area is 214 Å². The molecule has 0 aromatic rings. The van der Waals surface area contributed by atoms with Gasteiger partial charge in [-0.1, -0.05) is 125 Å². The number of amides is 1. The van der Waals surface area contributed by atoms with Gasteiger partial charge in [0.05, 0.1) is 0 Å². The first-order valence-corrected chi connectivity index (χ1v) is 15.6. The number of carboxylic acid groups (broad SMARTS) is 2. The molecular weight excluding hydrogens is 472 g/mol. The quantitative estimate of drug-likeness (QED) is 0.0851. The Bertz CT molecular complexity index is 537. The fourth-order valence-corrected chi connectivity index (χ4v) is 5.85. The third-order valence-electron chi connectivity index (χ3n) is 5.77. The van der Waals surface area contributed by atoms with Gasteiger partial charge < -0.3 is 21.3 Å². The van der Waals surface area contributed by atoms with Crippen LogP contribution in [0.25, 0.3) is 0 Å². The average Bonchev–Trinajstić information content (AvgIpc) is 2.80. The van der Waals surface area contributed by atoms with Crippen molar-refractivity contribution in [2.75, 3.05) is 11.5 Å². The molecule has 1 amide bonds. The maximum absolute atomic E-state index is 12.0. The van der Waals surface area contributed by atoms with E-state index in [-0.39, 0.29) is 17.4 Å². The molecule has 7 nitrogen and oxygen atoms in total. The maximum atomic E-state index is 12.0. The molecule has 0 fully saturated rings. The number of rotatable bonds is 25. The van der Waals surface area contributed by atoms with Crippen LogP contribution < -0.4 is 11.1 Å². The summed E-state index contributed by atoms with van der Waals surface area (Å²) in [5, 5.41) is 20.6. The topological polar surface area (TPSA) is 130 Å². The summed E-state index contributed by atoms with van der Waals surface area (Å²) in [5.41, 5.74) is 5.41. The number of carbonyl (C=O) groups excluding carboxylic acids is 1. The number of hydrogen-bond acceptors (Lipinski definition) is 6. The van der Waals surface area contributed by atoms with E-state index in [4.69, 9.17) is 10.8 Å². The van der Waals surface area contributed by atoms with E-state index in [0.29, 0.717) is 6.42 Å². The summed E-state index contributed by atoms with van der Waals surface area (Å²) in [6.45, 7) is 2.26. The predicted octanol–water partition coefficient (Wildman–Crippen LogP) is 6.00. The Hall–Kier alpha value is -0.930. The largest absolute Gasteiger partial charge is 0.480 e. The number of carboxylic acids is 2. The SMILES string of the molecule is CCCCCCCCCCCCCCCCCCC(=O)NC(CSSCC(N)C(=O)O)C(=O)O. The lowest BCUT2D eigenvalue weighted by molar-refractivity contribution is -0.141.